The number of aliphatic hydroxyl groups is 1. The summed E-state index contributed by atoms with van der Waals surface area (Å²) >= 11 is 11.8. The molecule has 0 unspecified atom stereocenters. The van der Waals surface area contributed by atoms with Gasteiger partial charge in [-0.25, -0.2) is 4.98 Å². The first-order valence-corrected chi connectivity index (χ1v) is 5.92. The summed E-state index contributed by atoms with van der Waals surface area (Å²) in [7, 11) is 0. The van der Waals surface area contributed by atoms with Gasteiger partial charge in [0.1, 0.15) is 0 Å². The van der Waals surface area contributed by atoms with E-state index in [9.17, 15) is 0 Å². The molecule has 0 radical (unpaired) electrons. The molecule has 0 fully saturated rings. The molecular weight excluding hydrogens is 275 g/mol. The molecule has 4 nitrogen and oxygen atoms in total. The minimum Gasteiger partial charge on any atom is -0.423 e. The van der Waals surface area contributed by atoms with E-state index in [1.165, 1.54) is 0 Å². The average molecular weight is 285 g/mol. The molecule has 0 aliphatic carbocycles. The Hall–Kier alpha value is -1.36. The summed E-state index contributed by atoms with van der Waals surface area (Å²) in [6.45, 7) is 1.61. The molecule has 0 bridgehead atoms. The van der Waals surface area contributed by atoms with Crippen LogP contribution in [-0.2, 0) is 6.61 Å². The topological polar surface area (TPSA) is 55.2 Å². The van der Waals surface area contributed by atoms with Crippen molar-refractivity contribution in [2.75, 3.05) is 0 Å². The summed E-state index contributed by atoms with van der Waals surface area (Å²) in [5, 5.41) is 9.97. The largest absolute Gasteiger partial charge is 0.423 e. The number of rotatable bonds is 3. The van der Waals surface area contributed by atoms with Crippen LogP contribution in [0.5, 0.6) is 11.8 Å². The Kier molecular flexibility index (Phi) is 4.01. The monoisotopic (exact) mass is 284 g/mol. The van der Waals surface area contributed by atoms with Crippen molar-refractivity contribution in [2.24, 2.45) is 0 Å². The van der Waals surface area contributed by atoms with Gasteiger partial charge in [0.05, 0.1) is 17.3 Å². The van der Waals surface area contributed by atoms with Crippen molar-refractivity contribution >= 4 is 23.2 Å². The number of aliphatic hydroxyl groups excluding tert-OH is 1. The molecule has 0 saturated carbocycles. The Balaban J connectivity index is 2.33. The fourth-order valence-electron chi connectivity index (χ4n) is 1.38. The van der Waals surface area contributed by atoms with Gasteiger partial charge in [0.15, 0.2) is 5.75 Å². The molecule has 1 N–H and O–H groups in total. The van der Waals surface area contributed by atoms with Crippen molar-refractivity contribution in [2.45, 2.75) is 13.5 Å². The van der Waals surface area contributed by atoms with Crippen LogP contribution < -0.4 is 4.74 Å². The van der Waals surface area contributed by atoms with Gasteiger partial charge in [0, 0.05) is 16.8 Å². The molecule has 0 spiro atoms. The maximum Gasteiger partial charge on any atom is 0.322 e. The summed E-state index contributed by atoms with van der Waals surface area (Å²) in [5.74, 6) is 0.374. The zero-order valence-electron chi connectivity index (χ0n) is 9.52. The van der Waals surface area contributed by atoms with Gasteiger partial charge in [-0.3, -0.25) is 0 Å². The molecule has 2 aromatic rings. The van der Waals surface area contributed by atoms with Gasteiger partial charge in [-0.15, -0.1) is 0 Å². The van der Waals surface area contributed by atoms with Gasteiger partial charge in [0.2, 0.25) is 0 Å². The Morgan fingerprint density at radius 2 is 2.00 bits per heavy atom. The fourth-order valence-corrected chi connectivity index (χ4v) is 1.70. The lowest BCUT2D eigenvalue weighted by Gasteiger charge is -2.07. The summed E-state index contributed by atoms with van der Waals surface area (Å²) in [5.41, 5.74) is 1.18. The van der Waals surface area contributed by atoms with Crippen molar-refractivity contribution in [3.05, 3.63) is 45.7 Å². The smallest absolute Gasteiger partial charge is 0.322 e. The summed E-state index contributed by atoms with van der Waals surface area (Å²) in [6, 6.07) is 6.67. The Morgan fingerprint density at radius 3 is 2.72 bits per heavy atom. The lowest BCUT2D eigenvalue weighted by molar-refractivity contribution is 0.274. The van der Waals surface area contributed by atoms with Crippen LogP contribution in [0.4, 0.5) is 0 Å². The Labute approximate surface area is 114 Å². The highest BCUT2D eigenvalue weighted by molar-refractivity contribution is 6.34. The van der Waals surface area contributed by atoms with Crippen LogP contribution in [0, 0.1) is 6.92 Å². The first kappa shape index (κ1) is 13.1. The number of benzene rings is 1. The van der Waals surface area contributed by atoms with Crippen molar-refractivity contribution in [3.63, 3.8) is 0 Å². The molecule has 0 aliphatic rings. The first-order chi connectivity index (χ1) is 8.58. The predicted molar refractivity (Wildman–Crippen MR) is 69.2 cm³/mol. The van der Waals surface area contributed by atoms with Gasteiger partial charge < -0.3 is 9.84 Å². The van der Waals surface area contributed by atoms with Gasteiger partial charge in [0.25, 0.3) is 0 Å². The van der Waals surface area contributed by atoms with E-state index in [0.717, 1.165) is 0 Å². The van der Waals surface area contributed by atoms with E-state index in [4.69, 9.17) is 33.0 Å². The van der Waals surface area contributed by atoms with Crippen molar-refractivity contribution in [1.82, 2.24) is 9.97 Å². The van der Waals surface area contributed by atoms with E-state index in [-0.39, 0.29) is 12.6 Å². The molecule has 0 atom stereocenters. The number of aromatic nitrogens is 2. The highest BCUT2D eigenvalue weighted by Crippen LogP contribution is 2.30. The molecular formula is C12H10Cl2N2O2. The zero-order chi connectivity index (χ0) is 13.1. The maximum atomic E-state index is 9.06. The van der Waals surface area contributed by atoms with Crippen LogP contribution in [0.2, 0.25) is 10.0 Å². The summed E-state index contributed by atoms with van der Waals surface area (Å²) in [6.07, 6.45) is 0. The molecule has 0 amide bonds. The molecule has 0 aliphatic heterocycles. The second kappa shape index (κ2) is 5.52. The normalized spacial score (nSPS) is 10.4. The van der Waals surface area contributed by atoms with Crippen molar-refractivity contribution < 1.29 is 9.84 Å². The Morgan fingerprint density at radius 1 is 1.22 bits per heavy atom. The second-order valence-corrected chi connectivity index (χ2v) is 4.46. The van der Waals surface area contributed by atoms with Gasteiger partial charge in [-0.1, -0.05) is 23.2 Å². The second-order valence-electron chi connectivity index (χ2n) is 3.62. The number of nitrogens with zero attached hydrogens (tertiary/aromatic N) is 2. The van der Waals surface area contributed by atoms with E-state index < -0.39 is 0 Å². The van der Waals surface area contributed by atoms with Crippen LogP contribution in [0.15, 0.2) is 24.3 Å². The van der Waals surface area contributed by atoms with E-state index >= 15 is 0 Å². The van der Waals surface area contributed by atoms with Gasteiger partial charge in [-0.05, 0) is 25.1 Å². The molecule has 1 aromatic carbocycles. The van der Waals surface area contributed by atoms with E-state index in [0.29, 0.717) is 27.2 Å². The fraction of sp³-hybridized carbons (Fsp3) is 0.167. The number of ether oxygens (including phenoxy) is 1. The first-order valence-electron chi connectivity index (χ1n) is 5.17. The number of hydrogen-bond acceptors (Lipinski definition) is 4. The van der Waals surface area contributed by atoms with E-state index in [1.807, 2.05) is 0 Å². The summed E-state index contributed by atoms with van der Waals surface area (Å²) < 4.78 is 5.46. The summed E-state index contributed by atoms with van der Waals surface area (Å²) in [4.78, 5) is 8.13. The van der Waals surface area contributed by atoms with Gasteiger partial charge >= 0.3 is 6.01 Å². The minimum absolute atomic E-state index is 0.128. The third-order valence-electron chi connectivity index (χ3n) is 2.14. The number of hydrogen-bond donors (Lipinski definition) is 1. The zero-order valence-corrected chi connectivity index (χ0v) is 11.0. The molecule has 1 heterocycles. The Bertz CT molecular complexity index is 576. The molecule has 2 rings (SSSR count). The highest BCUT2D eigenvalue weighted by atomic mass is 35.5. The average Bonchev–Trinajstić information content (AvgIpc) is 2.33. The predicted octanol–water partition coefficient (Wildman–Crippen LogP) is 3.38. The minimum atomic E-state index is -0.178. The lowest BCUT2D eigenvalue weighted by Crippen LogP contribution is -1.98. The van der Waals surface area contributed by atoms with Crippen LogP contribution >= 0.6 is 23.2 Å². The van der Waals surface area contributed by atoms with Gasteiger partial charge in [-0.2, -0.15) is 4.98 Å². The molecule has 0 saturated heterocycles. The van der Waals surface area contributed by atoms with Crippen LogP contribution in [0.1, 0.15) is 11.4 Å². The quantitative estimate of drug-likeness (QED) is 0.939. The number of aryl methyl sites for hydroxylation is 1. The van der Waals surface area contributed by atoms with E-state index in [1.54, 1.807) is 31.2 Å². The van der Waals surface area contributed by atoms with Crippen LogP contribution in [0.3, 0.4) is 0 Å². The molecule has 94 valence electrons. The molecule has 6 heteroatoms. The maximum absolute atomic E-state index is 9.06. The third kappa shape index (κ3) is 3.10. The SMILES string of the molecule is Cc1cc(CO)nc(Oc2cc(Cl)ccc2Cl)n1. The lowest BCUT2D eigenvalue weighted by atomic mass is 10.3. The number of halogens is 2. The molecule has 1 aromatic heterocycles. The van der Waals surface area contributed by atoms with Crippen LogP contribution in [0.25, 0.3) is 0 Å². The van der Waals surface area contributed by atoms with Crippen molar-refractivity contribution in [3.8, 4) is 11.8 Å². The molecule has 18 heavy (non-hydrogen) atoms. The third-order valence-corrected chi connectivity index (χ3v) is 2.69. The highest BCUT2D eigenvalue weighted by Gasteiger charge is 2.08. The standard InChI is InChI=1S/C12H10Cl2N2O2/c1-7-4-9(6-17)16-12(15-7)18-11-5-8(13)2-3-10(11)14/h2-5,17H,6H2,1H3. The van der Waals surface area contributed by atoms with Crippen molar-refractivity contribution in [1.29, 1.82) is 0 Å². The van der Waals surface area contributed by atoms with Crippen LogP contribution in [-0.4, -0.2) is 15.1 Å². The van der Waals surface area contributed by atoms with E-state index in [2.05, 4.69) is 9.97 Å².